The van der Waals surface area contributed by atoms with Crippen LogP contribution < -0.4 is 0 Å². The van der Waals surface area contributed by atoms with E-state index in [1.165, 1.54) is 6.92 Å². The fourth-order valence-corrected chi connectivity index (χ4v) is 1.96. The van der Waals surface area contributed by atoms with E-state index in [0.29, 0.717) is 0 Å². The zero-order valence-electron chi connectivity index (χ0n) is 10.5. The van der Waals surface area contributed by atoms with E-state index in [0.717, 1.165) is 18.2 Å². The maximum absolute atomic E-state index is 13.6. The van der Waals surface area contributed by atoms with Crippen LogP contribution in [-0.4, -0.2) is 5.11 Å². The molecule has 0 aliphatic rings. The topological polar surface area (TPSA) is 20.2 Å². The van der Waals surface area contributed by atoms with E-state index >= 15 is 0 Å². The highest BCUT2D eigenvalue weighted by Crippen LogP contribution is 2.32. The Morgan fingerprint density at radius 3 is 1.76 bits per heavy atom. The minimum absolute atomic E-state index is 0.103. The Labute approximate surface area is 115 Å². The highest BCUT2D eigenvalue weighted by atomic mass is 19.2. The van der Waals surface area contributed by atoms with Gasteiger partial charge in [-0.25, -0.2) is 26.3 Å². The van der Waals surface area contributed by atoms with E-state index in [2.05, 4.69) is 0 Å². The van der Waals surface area contributed by atoms with Crippen LogP contribution in [0.15, 0.2) is 18.2 Å². The molecule has 1 N–H and O–H groups in total. The van der Waals surface area contributed by atoms with Crippen LogP contribution in [0, 0.1) is 41.8 Å². The second-order valence-corrected chi connectivity index (χ2v) is 4.39. The molecule has 2 aromatic carbocycles. The predicted octanol–water partition coefficient (Wildman–Crippen LogP) is 3.91. The van der Waals surface area contributed by atoms with Crippen molar-refractivity contribution in [2.24, 2.45) is 0 Å². The van der Waals surface area contributed by atoms with Gasteiger partial charge in [0.1, 0.15) is 11.9 Å². The average molecular weight is 306 g/mol. The molecule has 0 spiro atoms. The molecule has 1 unspecified atom stereocenters. The molecule has 1 nitrogen and oxygen atoms in total. The fraction of sp³-hybridized carbons (Fsp3) is 0.143. The molecule has 2 rings (SSSR count). The molecule has 2 aromatic rings. The summed E-state index contributed by atoms with van der Waals surface area (Å²) >= 11 is 0. The quantitative estimate of drug-likeness (QED) is 0.507. The summed E-state index contributed by atoms with van der Waals surface area (Å²) in [5, 5.41) is 9.91. The third-order valence-corrected chi connectivity index (χ3v) is 3.04. The Morgan fingerprint density at radius 2 is 1.29 bits per heavy atom. The Bertz CT molecular complexity index is 684. The lowest BCUT2D eigenvalue weighted by atomic mass is 9.96. The lowest BCUT2D eigenvalue weighted by Crippen LogP contribution is -2.13. The summed E-state index contributed by atoms with van der Waals surface area (Å²) in [6, 6.07) is 2.87. The van der Waals surface area contributed by atoms with Crippen LogP contribution in [0.5, 0.6) is 0 Å². The molecule has 112 valence electrons. The van der Waals surface area contributed by atoms with Crippen LogP contribution in [0.2, 0.25) is 0 Å². The summed E-state index contributed by atoms with van der Waals surface area (Å²) in [5.41, 5.74) is -1.44. The van der Waals surface area contributed by atoms with Crippen molar-refractivity contribution in [3.8, 4) is 0 Å². The van der Waals surface area contributed by atoms with Crippen molar-refractivity contribution in [3.63, 3.8) is 0 Å². The number of hydrogen-bond donors (Lipinski definition) is 1. The van der Waals surface area contributed by atoms with Gasteiger partial charge in [-0.05, 0) is 30.2 Å². The first kappa shape index (κ1) is 15.4. The van der Waals surface area contributed by atoms with Gasteiger partial charge < -0.3 is 5.11 Å². The molecular formula is C14H8F6O. The van der Waals surface area contributed by atoms with Gasteiger partial charge in [-0.2, -0.15) is 0 Å². The van der Waals surface area contributed by atoms with Crippen LogP contribution in [0.25, 0.3) is 0 Å². The molecule has 0 bridgehead atoms. The number of halogens is 6. The molecule has 21 heavy (non-hydrogen) atoms. The minimum Gasteiger partial charge on any atom is -0.383 e. The molecule has 1 atom stereocenters. The van der Waals surface area contributed by atoms with E-state index in [1.807, 2.05) is 0 Å². The summed E-state index contributed by atoms with van der Waals surface area (Å²) < 4.78 is 79.3. The smallest absolute Gasteiger partial charge is 0.200 e. The van der Waals surface area contributed by atoms with Crippen LogP contribution in [0.4, 0.5) is 26.3 Å². The number of aliphatic hydroxyl groups excluding tert-OH is 1. The number of benzene rings is 2. The largest absolute Gasteiger partial charge is 0.383 e. The summed E-state index contributed by atoms with van der Waals surface area (Å²) in [5.74, 6) is -11.5. The average Bonchev–Trinajstić information content (AvgIpc) is 2.43. The van der Waals surface area contributed by atoms with Gasteiger partial charge >= 0.3 is 0 Å². The van der Waals surface area contributed by atoms with E-state index < -0.39 is 46.6 Å². The van der Waals surface area contributed by atoms with Gasteiger partial charge in [0.15, 0.2) is 23.3 Å². The Morgan fingerprint density at radius 1 is 0.810 bits per heavy atom. The Hall–Kier alpha value is -2.02. The van der Waals surface area contributed by atoms with Crippen molar-refractivity contribution in [2.75, 3.05) is 0 Å². The normalized spacial score (nSPS) is 12.6. The molecule has 0 saturated heterocycles. The van der Waals surface area contributed by atoms with Crippen molar-refractivity contribution in [1.29, 1.82) is 0 Å². The van der Waals surface area contributed by atoms with Gasteiger partial charge in [0.2, 0.25) is 5.82 Å². The summed E-state index contributed by atoms with van der Waals surface area (Å²) in [7, 11) is 0. The van der Waals surface area contributed by atoms with Crippen molar-refractivity contribution >= 4 is 0 Å². The van der Waals surface area contributed by atoms with Gasteiger partial charge in [-0.3, -0.25) is 0 Å². The van der Waals surface area contributed by atoms with E-state index in [1.54, 1.807) is 0 Å². The van der Waals surface area contributed by atoms with Crippen molar-refractivity contribution in [3.05, 3.63) is 69.8 Å². The molecule has 0 amide bonds. The highest BCUT2D eigenvalue weighted by Gasteiger charge is 2.30. The maximum atomic E-state index is 13.6. The van der Waals surface area contributed by atoms with Crippen LogP contribution >= 0.6 is 0 Å². The first-order valence-corrected chi connectivity index (χ1v) is 5.71. The fourth-order valence-electron chi connectivity index (χ4n) is 1.96. The van der Waals surface area contributed by atoms with Crippen LogP contribution in [-0.2, 0) is 0 Å². The molecule has 0 heterocycles. The third-order valence-electron chi connectivity index (χ3n) is 3.04. The number of hydrogen-bond acceptors (Lipinski definition) is 1. The molecule has 7 heteroatoms. The molecule has 0 aromatic heterocycles. The Balaban J connectivity index is 2.66. The van der Waals surface area contributed by atoms with Crippen molar-refractivity contribution < 1.29 is 31.4 Å². The summed E-state index contributed by atoms with van der Waals surface area (Å²) in [4.78, 5) is 0. The van der Waals surface area contributed by atoms with Gasteiger partial charge in [-0.1, -0.05) is 6.07 Å². The van der Waals surface area contributed by atoms with Crippen molar-refractivity contribution in [2.45, 2.75) is 13.0 Å². The third kappa shape index (κ3) is 2.49. The standard InChI is InChI=1S/C14H8F6O/c1-5-4-6(15)2-3-7(5)14(21)8-9(16)11(18)13(20)12(19)10(8)17/h2-4,14,21H,1H3. The minimum atomic E-state index is -2.31. The highest BCUT2D eigenvalue weighted by molar-refractivity contribution is 5.37. The van der Waals surface area contributed by atoms with E-state index in [4.69, 9.17) is 0 Å². The lowest BCUT2D eigenvalue weighted by Gasteiger charge is -2.16. The molecule has 0 radical (unpaired) electrons. The number of rotatable bonds is 2. The van der Waals surface area contributed by atoms with Crippen molar-refractivity contribution in [1.82, 2.24) is 0 Å². The zero-order chi connectivity index (χ0) is 15.9. The second-order valence-electron chi connectivity index (χ2n) is 4.39. The molecule has 0 aliphatic heterocycles. The molecule has 0 saturated carbocycles. The van der Waals surface area contributed by atoms with E-state index in [-0.39, 0.29) is 11.1 Å². The van der Waals surface area contributed by atoms with Crippen LogP contribution in [0.1, 0.15) is 22.8 Å². The van der Waals surface area contributed by atoms with Crippen LogP contribution in [0.3, 0.4) is 0 Å². The predicted molar refractivity (Wildman–Crippen MR) is 61.4 cm³/mol. The van der Waals surface area contributed by atoms with Gasteiger partial charge in [0, 0.05) is 0 Å². The first-order chi connectivity index (χ1) is 9.75. The molecule has 0 fully saturated rings. The second kappa shape index (κ2) is 5.40. The number of aryl methyl sites for hydroxylation is 1. The monoisotopic (exact) mass is 306 g/mol. The number of aliphatic hydroxyl groups is 1. The molecule has 0 aliphatic carbocycles. The Kier molecular flexibility index (Phi) is 3.95. The van der Waals surface area contributed by atoms with E-state index in [9.17, 15) is 31.4 Å². The first-order valence-electron chi connectivity index (χ1n) is 5.71. The zero-order valence-corrected chi connectivity index (χ0v) is 10.5. The molecular weight excluding hydrogens is 298 g/mol. The van der Waals surface area contributed by atoms with Gasteiger partial charge in [0.05, 0.1) is 5.56 Å². The SMILES string of the molecule is Cc1cc(F)ccc1C(O)c1c(F)c(F)c(F)c(F)c1F. The summed E-state index contributed by atoms with van der Waals surface area (Å²) in [6.07, 6.45) is -2.12. The maximum Gasteiger partial charge on any atom is 0.200 e. The lowest BCUT2D eigenvalue weighted by molar-refractivity contribution is 0.202. The van der Waals surface area contributed by atoms with Gasteiger partial charge in [0.25, 0.3) is 0 Å². The summed E-state index contributed by atoms with van der Waals surface area (Å²) in [6.45, 7) is 1.33. The van der Waals surface area contributed by atoms with Gasteiger partial charge in [-0.15, -0.1) is 0 Å².